The molecule has 1 N–H and O–H groups in total. The van der Waals surface area contributed by atoms with E-state index in [2.05, 4.69) is 26.2 Å². The molecule has 0 bridgehead atoms. The molecule has 3 nitrogen and oxygen atoms in total. The Bertz CT molecular complexity index is 767. The zero-order chi connectivity index (χ0) is 14.1. The van der Waals surface area contributed by atoms with Gasteiger partial charge in [-0.15, -0.1) is 0 Å². The number of nitrogens with one attached hydrogen (secondary N) is 1. The van der Waals surface area contributed by atoms with Crippen molar-refractivity contribution in [1.29, 1.82) is 0 Å². The van der Waals surface area contributed by atoms with Gasteiger partial charge in [0.25, 0.3) is 0 Å². The van der Waals surface area contributed by atoms with Crippen LogP contribution in [0.3, 0.4) is 0 Å². The molecular weight excluding hydrogens is 321 g/mol. The molecule has 0 aliphatic rings. The van der Waals surface area contributed by atoms with Crippen LogP contribution < -0.4 is 5.32 Å². The van der Waals surface area contributed by atoms with Crippen molar-refractivity contribution in [2.45, 2.75) is 13.5 Å². The number of nitrogens with zero attached hydrogens (tertiary/aromatic N) is 2. The summed E-state index contributed by atoms with van der Waals surface area (Å²) in [7, 11) is 0. The van der Waals surface area contributed by atoms with Gasteiger partial charge in [0.1, 0.15) is 11.5 Å². The lowest BCUT2D eigenvalue weighted by atomic mass is 10.3. The molecule has 102 valence electrons. The van der Waals surface area contributed by atoms with Gasteiger partial charge in [-0.25, -0.2) is 9.37 Å². The molecule has 0 saturated heterocycles. The minimum atomic E-state index is -0.272. The maximum atomic E-state index is 13.8. The monoisotopic (exact) mass is 333 g/mol. The van der Waals surface area contributed by atoms with Gasteiger partial charge < -0.3 is 9.72 Å². The lowest BCUT2D eigenvalue weighted by Crippen LogP contribution is -2.05. The quantitative estimate of drug-likeness (QED) is 0.779. The van der Waals surface area contributed by atoms with Crippen LogP contribution in [-0.4, -0.2) is 9.38 Å². The van der Waals surface area contributed by atoms with Crippen molar-refractivity contribution < 1.29 is 4.39 Å². The number of hydrogen-bond acceptors (Lipinski definition) is 2. The molecule has 20 heavy (non-hydrogen) atoms. The normalized spacial score (nSPS) is 10.9. The van der Waals surface area contributed by atoms with Crippen molar-refractivity contribution >= 4 is 27.3 Å². The van der Waals surface area contributed by atoms with Crippen molar-refractivity contribution in [3.8, 4) is 0 Å². The summed E-state index contributed by atoms with van der Waals surface area (Å²) in [6.45, 7) is 2.48. The van der Waals surface area contributed by atoms with Crippen molar-refractivity contribution in [2.24, 2.45) is 0 Å². The highest BCUT2D eigenvalue weighted by atomic mass is 79.9. The highest BCUT2D eigenvalue weighted by molar-refractivity contribution is 9.10. The molecule has 0 saturated carbocycles. The van der Waals surface area contributed by atoms with Crippen molar-refractivity contribution in [1.82, 2.24) is 9.38 Å². The zero-order valence-corrected chi connectivity index (χ0v) is 12.5. The van der Waals surface area contributed by atoms with Gasteiger partial charge >= 0.3 is 0 Å². The molecule has 2 aromatic heterocycles. The third kappa shape index (κ3) is 2.41. The van der Waals surface area contributed by atoms with E-state index in [1.165, 1.54) is 6.07 Å². The van der Waals surface area contributed by atoms with Crippen LogP contribution in [0.1, 0.15) is 11.4 Å². The zero-order valence-electron chi connectivity index (χ0n) is 10.9. The number of rotatable bonds is 3. The third-order valence-electron chi connectivity index (χ3n) is 3.21. The van der Waals surface area contributed by atoms with Gasteiger partial charge in [-0.3, -0.25) is 0 Å². The van der Waals surface area contributed by atoms with E-state index >= 15 is 0 Å². The standard InChI is InChI=1S/C15H13BrFN3/c1-10-14(20-7-3-2-4-15(20)19-10)9-18-13-6-5-11(16)8-12(13)17/h2-8,18H,9H2,1H3. The average Bonchev–Trinajstić information content (AvgIpc) is 2.74. The number of imidazole rings is 1. The van der Waals surface area contributed by atoms with E-state index in [4.69, 9.17) is 0 Å². The van der Waals surface area contributed by atoms with E-state index in [1.54, 1.807) is 6.07 Å². The molecule has 0 fully saturated rings. The first-order valence-electron chi connectivity index (χ1n) is 6.26. The van der Waals surface area contributed by atoms with Crippen LogP contribution in [0, 0.1) is 12.7 Å². The fraction of sp³-hybridized carbons (Fsp3) is 0.133. The molecule has 3 aromatic rings. The number of benzene rings is 1. The van der Waals surface area contributed by atoms with Crippen molar-refractivity contribution in [3.05, 3.63) is 64.3 Å². The van der Waals surface area contributed by atoms with Crippen LogP contribution in [0.5, 0.6) is 0 Å². The van der Waals surface area contributed by atoms with Gasteiger partial charge in [0.15, 0.2) is 0 Å². The van der Waals surface area contributed by atoms with E-state index in [9.17, 15) is 4.39 Å². The second-order valence-corrected chi connectivity index (χ2v) is 5.47. The Balaban J connectivity index is 1.88. The number of halogens is 2. The largest absolute Gasteiger partial charge is 0.377 e. The maximum Gasteiger partial charge on any atom is 0.147 e. The summed E-state index contributed by atoms with van der Waals surface area (Å²) in [5.41, 5.74) is 3.36. The first-order chi connectivity index (χ1) is 9.65. The van der Waals surface area contributed by atoms with Gasteiger partial charge in [-0.05, 0) is 37.3 Å². The van der Waals surface area contributed by atoms with Gasteiger partial charge in [0.05, 0.1) is 23.6 Å². The van der Waals surface area contributed by atoms with Crippen molar-refractivity contribution in [3.63, 3.8) is 0 Å². The molecule has 0 amide bonds. The summed E-state index contributed by atoms with van der Waals surface area (Å²) < 4.78 is 16.5. The Kier molecular flexibility index (Phi) is 3.44. The van der Waals surface area contributed by atoms with Crippen LogP contribution in [0.15, 0.2) is 47.1 Å². The number of pyridine rings is 1. The molecule has 0 spiro atoms. The maximum absolute atomic E-state index is 13.8. The Labute approximate surface area is 124 Å². The van der Waals surface area contributed by atoms with Gasteiger partial charge in [0, 0.05) is 10.7 Å². The number of aryl methyl sites for hydroxylation is 1. The molecule has 0 atom stereocenters. The predicted octanol–water partition coefficient (Wildman–Crippen LogP) is 4.16. The summed E-state index contributed by atoms with van der Waals surface area (Å²) in [5.74, 6) is -0.272. The summed E-state index contributed by atoms with van der Waals surface area (Å²) in [4.78, 5) is 4.48. The Morgan fingerprint density at radius 3 is 2.95 bits per heavy atom. The fourth-order valence-electron chi connectivity index (χ4n) is 2.19. The predicted molar refractivity (Wildman–Crippen MR) is 81.4 cm³/mol. The van der Waals surface area contributed by atoms with Crippen LogP contribution in [0.4, 0.5) is 10.1 Å². The molecule has 5 heteroatoms. The second-order valence-electron chi connectivity index (χ2n) is 4.55. The highest BCUT2D eigenvalue weighted by Crippen LogP contribution is 2.21. The molecule has 0 unspecified atom stereocenters. The summed E-state index contributed by atoms with van der Waals surface area (Å²) in [6, 6.07) is 10.8. The summed E-state index contributed by atoms with van der Waals surface area (Å²) in [6.07, 6.45) is 1.96. The third-order valence-corrected chi connectivity index (χ3v) is 3.70. The van der Waals surface area contributed by atoms with Gasteiger partial charge in [0.2, 0.25) is 0 Å². The molecule has 0 aliphatic heterocycles. The lowest BCUT2D eigenvalue weighted by molar-refractivity contribution is 0.629. The lowest BCUT2D eigenvalue weighted by Gasteiger charge is -2.08. The number of fused-ring (bicyclic) bond motifs is 1. The first-order valence-corrected chi connectivity index (χ1v) is 7.06. The minimum Gasteiger partial charge on any atom is -0.377 e. The van der Waals surface area contributed by atoms with Crippen LogP contribution in [0.25, 0.3) is 5.65 Å². The van der Waals surface area contributed by atoms with Crippen LogP contribution in [-0.2, 0) is 6.54 Å². The van der Waals surface area contributed by atoms with Gasteiger partial charge in [-0.2, -0.15) is 0 Å². The summed E-state index contributed by atoms with van der Waals surface area (Å²) >= 11 is 3.25. The first kappa shape index (κ1) is 13.1. The molecule has 0 aliphatic carbocycles. The van der Waals surface area contributed by atoms with Gasteiger partial charge in [-0.1, -0.05) is 22.0 Å². The van der Waals surface area contributed by atoms with E-state index in [0.29, 0.717) is 12.2 Å². The minimum absolute atomic E-state index is 0.272. The van der Waals surface area contributed by atoms with E-state index < -0.39 is 0 Å². The average molecular weight is 334 g/mol. The van der Waals surface area contributed by atoms with E-state index in [1.807, 2.05) is 41.8 Å². The molecule has 1 aromatic carbocycles. The van der Waals surface area contributed by atoms with Crippen molar-refractivity contribution in [2.75, 3.05) is 5.32 Å². The van der Waals surface area contributed by atoms with Crippen LogP contribution in [0.2, 0.25) is 0 Å². The topological polar surface area (TPSA) is 29.3 Å². The number of anilines is 1. The Morgan fingerprint density at radius 2 is 2.15 bits per heavy atom. The smallest absolute Gasteiger partial charge is 0.147 e. The molecule has 2 heterocycles. The fourth-order valence-corrected chi connectivity index (χ4v) is 2.52. The molecule has 0 radical (unpaired) electrons. The molecule has 3 rings (SSSR count). The Morgan fingerprint density at radius 1 is 1.30 bits per heavy atom. The van der Waals surface area contributed by atoms with E-state index in [0.717, 1.165) is 21.5 Å². The van der Waals surface area contributed by atoms with Crippen LogP contribution >= 0.6 is 15.9 Å². The number of aromatic nitrogens is 2. The molecular formula is C15H13BrFN3. The number of hydrogen-bond donors (Lipinski definition) is 1. The summed E-state index contributed by atoms with van der Waals surface area (Å²) in [5, 5.41) is 3.12. The Hall–Kier alpha value is -1.88. The highest BCUT2D eigenvalue weighted by Gasteiger charge is 2.09. The second kappa shape index (κ2) is 5.25. The van der Waals surface area contributed by atoms with E-state index in [-0.39, 0.29) is 5.82 Å². The SMILES string of the molecule is Cc1nc2ccccn2c1CNc1ccc(Br)cc1F.